The molecule has 0 bridgehead atoms. The smallest absolute Gasteiger partial charge is 0.312 e. The van der Waals surface area contributed by atoms with Crippen LogP contribution in [-0.2, 0) is 30.2 Å². The summed E-state index contributed by atoms with van der Waals surface area (Å²) in [5.74, 6) is 0.0188. The Hall–Kier alpha value is -1.92. The lowest BCUT2D eigenvalue weighted by Crippen LogP contribution is -2.57. The Morgan fingerprint density at radius 1 is 1.26 bits per heavy atom. The van der Waals surface area contributed by atoms with Gasteiger partial charge in [0, 0.05) is 25.4 Å². The van der Waals surface area contributed by atoms with Gasteiger partial charge in [-0.2, -0.15) is 0 Å². The van der Waals surface area contributed by atoms with E-state index >= 15 is 0 Å². The van der Waals surface area contributed by atoms with E-state index in [9.17, 15) is 9.59 Å². The standard InChI is InChI=1S/C21H28O6/c1-12-8-15(25-4)9-14-6-7-21(20(23)26-5)13(2)19(27-11-24-3)17(22)10-16(21)18(12)14/h8-9,13,16,19H,6-7,10-11H2,1-5H3/t13-,16+,19+,21-/m0/s1. The second-order valence-electron chi connectivity index (χ2n) is 7.55. The van der Waals surface area contributed by atoms with Gasteiger partial charge in [-0.25, -0.2) is 0 Å². The topological polar surface area (TPSA) is 71.1 Å². The Balaban J connectivity index is 2.12. The third-order valence-electron chi connectivity index (χ3n) is 6.38. The number of ketones is 1. The zero-order valence-corrected chi connectivity index (χ0v) is 16.7. The van der Waals surface area contributed by atoms with Crippen LogP contribution in [0.1, 0.15) is 42.4 Å². The van der Waals surface area contributed by atoms with Crippen molar-refractivity contribution in [2.45, 2.75) is 45.1 Å². The molecule has 1 aromatic carbocycles. The van der Waals surface area contributed by atoms with E-state index in [1.165, 1.54) is 14.2 Å². The largest absolute Gasteiger partial charge is 0.497 e. The number of Topliss-reactive ketones (excluding diaryl/α,β-unsaturated/α-hetero) is 1. The summed E-state index contributed by atoms with van der Waals surface area (Å²) in [4.78, 5) is 26.0. The maximum absolute atomic E-state index is 13.1. The molecule has 0 amide bonds. The Bertz CT molecular complexity index is 742. The van der Waals surface area contributed by atoms with Crippen molar-refractivity contribution in [3.8, 4) is 5.75 Å². The number of carbonyl (C=O) groups excluding carboxylic acids is 2. The lowest BCUT2D eigenvalue weighted by Gasteiger charge is -2.51. The van der Waals surface area contributed by atoms with Crippen molar-refractivity contribution < 1.29 is 28.5 Å². The first-order chi connectivity index (χ1) is 12.9. The molecule has 1 aromatic rings. The molecule has 2 aliphatic carbocycles. The SMILES string of the molecule is COCO[C@H]1C(=O)C[C@@H]2c3c(C)cc(OC)cc3CC[C@]2(C(=O)OC)[C@H]1C. The van der Waals surface area contributed by atoms with Crippen molar-refractivity contribution in [1.29, 1.82) is 0 Å². The number of methoxy groups -OCH3 is 3. The quantitative estimate of drug-likeness (QED) is 0.581. The second-order valence-corrected chi connectivity index (χ2v) is 7.55. The molecule has 3 rings (SSSR count). The molecule has 2 aliphatic rings. The third-order valence-corrected chi connectivity index (χ3v) is 6.38. The summed E-state index contributed by atoms with van der Waals surface area (Å²) in [6.45, 7) is 3.96. The van der Waals surface area contributed by atoms with E-state index < -0.39 is 11.5 Å². The average molecular weight is 376 g/mol. The fraction of sp³-hybridized carbons (Fsp3) is 0.619. The molecule has 0 heterocycles. The van der Waals surface area contributed by atoms with Gasteiger partial charge in [0.25, 0.3) is 0 Å². The lowest BCUT2D eigenvalue weighted by molar-refractivity contribution is -0.181. The van der Waals surface area contributed by atoms with Crippen LogP contribution in [0.15, 0.2) is 12.1 Å². The minimum absolute atomic E-state index is 0.00662. The zero-order chi connectivity index (χ0) is 19.8. The van der Waals surface area contributed by atoms with Gasteiger partial charge in [-0.1, -0.05) is 6.92 Å². The van der Waals surface area contributed by atoms with Crippen LogP contribution >= 0.6 is 0 Å². The Morgan fingerprint density at radius 3 is 2.63 bits per heavy atom. The van der Waals surface area contributed by atoms with Crippen molar-refractivity contribution in [1.82, 2.24) is 0 Å². The van der Waals surface area contributed by atoms with Crippen molar-refractivity contribution in [3.63, 3.8) is 0 Å². The summed E-state index contributed by atoms with van der Waals surface area (Å²) >= 11 is 0. The number of ether oxygens (including phenoxy) is 4. The van der Waals surface area contributed by atoms with Gasteiger partial charge in [0.15, 0.2) is 5.78 Å². The summed E-state index contributed by atoms with van der Waals surface area (Å²) in [7, 11) is 4.58. The van der Waals surface area contributed by atoms with Crippen LogP contribution in [-0.4, -0.2) is 46.0 Å². The fourth-order valence-electron chi connectivity index (χ4n) is 5.13. The van der Waals surface area contributed by atoms with Gasteiger partial charge in [-0.3, -0.25) is 9.59 Å². The molecule has 0 aromatic heterocycles. The first-order valence-electron chi connectivity index (χ1n) is 9.29. The molecule has 4 atom stereocenters. The number of carbonyl (C=O) groups is 2. The predicted octanol–water partition coefficient (Wildman–Crippen LogP) is 2.79. The zero-order valence-electron chi connectivity index (χ0n) is 16.7. The first-order valence-corrected chi connectivity index (χ1v) is 9.29. The number of hydrogen-bond acceptors (Lipinski definition) is 6. The number of fused-ring (bicyclic) bond motifs is 3. The van der Waals surface area contributed by atoms with Crippen molar-refractivity contribution in [2.75, 3.05) is 28.1 Å². The maximum atomic E-state index is 13.1. The monoisotopic (exact) mass is 376 g/mol. The number of rotatable bonds is 5. The Morgan fingerprint density at radius 2 is 2.00 bits per heavy atom. The van der Waals surface area contributed by atoms with Gasteiger partial charge in [-0.15, -0.1) is 0 Å². The van der Waals surface area contributed by atoms with Gasteiger partial charge in [0.05, 0.1) is 19.6 Å². The molecular weight excluding hydrogens is 348 g/mol. The van der Waals surface area contributed by atoms with E-state index in [0.29, 0.717) is 6.42 Å². The van der Waals surface area contributed by atoms with E-state index in [-0.39, 0.29) is 36.8 Å². The number of hydrogen-bond donors (Lipinski definition) is 0. The molecule has 148 valence electrons. The van der Waals surface area contributed by atoms with Crippen LogP contribution in [0, 0.1) is 18.3 Å². The van der Waals surface area contributed by atoms with E-state index in [2.05, 4.69) is 0 Å². The third kappa shape index (κ3) is 3.05. The molecular formula is C21H28O6. The normalized spacial score (nSPS) is 29.7. The maximum Gasteiger partial charge on any atom is 0.312 e. The molecule has 1 saturated carbocycles. The Labute approximate surface area is 160 Å². The molecule has 6 heteroatoms. The highest BCUT2D eigenvalue weighted by Gasteiger charge is 2.60. The lowest BCUT2D eigenvalue weighted by atomic mass is 9.52. The number of aryl methyl sites for hydroxylation is 2. The van der Waals surface area contributed by atoms with Crippen LogP contribution in [0.3, 0.4) is 0 Å². The van der Waals surface area contributed by atoms with Crippen LogP contribution in [0.25, 0.3) is 0 Å². The second kappa shape index (κ2) is 7.60. The molecule has 0 spiro atoms. The molecule has 0 N–H and O–H groups in total. The molecule has 0 unspecified atom stereocenters. The molecule has 0 saturated heterocycles. The summed E-state index contributed by atoms with van der Waals surface area (Å²) in [6.07, 6.45) is 0.939. The van der Waals surface area contributed by atoms with E-state index in [1.54, 1.807) is 7.11 Å². The molecule has 1 fully saturated rings. The number of benzene rings is 1. The van der Waals surface area contributed by atoms with Gasteiger partial charge in [-0.05, 0) is 48.6 Å². The summed E-state index contributed by atoms with van der Waals surface area (Å²) in [5.41, 5.74) is 2.48. The van der Waals surface area contributed by atoms with Crippen LogP contribution < -0.4 is 4.74 Å². The predicted molar refractivity (Wildman–Crippen MR) is 98.8 cm³/mol. The molecule has 0 aliphatic heterocycles. The highest BCUT2D eigenvalue weighted by atomic mass is 16.7. The van der Waals surface area contributed by atoms with Gasteiger partial charge in [0.2, 0.25) is 0 Å². The van der Waals surface area contributed by atoms with Gasteiger partial charge in [0.1, 0.15) is 18.6 Å². The van der Waals surface area contributed by atoms with Crippen LogP contribution in [0.4, 0.5) is 0 Å². The first kappa shape index (κ1) is 19.8. The highest BCUT2D eigenvalue weighted by molar-refractivity contribution is 5.91. The van der Waals surface area contributed by atoms with Crippen LogP contribution in [0.2, 0.25) is 0 Å². The number of esters is 1. The minimum Gasteiger partial charge on any atom is -0.497 e. The van der Waals surface area contributed by atoms with E-state index in [4.69, 9.17) is 18.9 Å². The average Bonchev–Trinajstić information content (AvgIpc) is 2.66. The minimum atomic E-state index is -0.784. The summed E-state index contributed by atoms with van der Waals surface area (Å²) in [5, 5.41) is 0. The summed E-state index contributed by atoms with van der Waals surface area (Å²) < 4.78 is 21.3. The highest BCUT2D eigenvalue weighted by Crippen LogP contribution is 2.58. The van der Waals surface area contributed by atoms with Crippen molar-refractivity contribution in [3.05, 3.63) is 28.8 Å². The Kier molecular flexibility index (Phi) is 5.58. The van der Waals surface area contributed by atoms with Gasteiger partial charge < -0.3 is 18.9 Å². The van der Waals surface area contributed by atoms with Crippen molar-refractivity contribution >= 4 is 11.8 Å². The molecule has 27 heavy (non-hydrogen) atoms. The van der Waals surface area contributed by atoms with Crippen LogP contribution in [0.5, 0.6) is 5.75 Å². The van der Waals surface area contributed by atoms with E-state index in [1.807, 2.05) is 26.0 Å². The van der Waals surface area contributed by atoms with E-state index in [0.717, 1.165) is 28.9 Å². The van der Waals surface area contributed by atoms with Gasteiger partial charge >= 0.3 is 5.97 Å². The molecule has 6 nitrogen and oxygen atoms in total. The summed E-state index contributed by atoms with van der Waals surface area (Å²) in [6, 6.07) is 3.99. The fourth-order valence-corrected chi connectivity index (χ4v) is 5.13. The van der Waals surface area contributed by atoms with Crippen molar-refractivity contribution in [2.24, 2.45) is 11.3 Å². The molecule has 0 radical (unpaired) electrons.